The number of alkyl halides is 1. The number of fused-ring (bicyclic) bond motifs is 1. The van der Waals surface area contributed by atoms with Gasteiger partial charge in [0, 0.05) is 17.3 Å². The smallest absolute Gasteiger partial charge is 0.353 e. The molecule has 38 heavy (non-hydrogen) atoms. The fourth-order valence-electron chi connectivity index (χ4n) is 3.64. The van der Waals surface area contributed by atoms with E-state index >= 15 is 0 Å². The Kier molecular flexibility index (Phi) is 10.4. The molecule has 0 saturated carbocycles. The van der Waals surface area contributed by atoms with Gasteiger partial charge in [0.2, 0.25) is 5.37 Å². The van der Waals surface area contributed by atoms with Crippen LogP contribution in [0.1, 0.15) is 10.7 Å². The van der Waals surface area contributed by atoms with E-state index < -0.39 is 65.4 Å². The summed E-state index contributed by atoms with van der Waals surface area (Å²) in [7, 11) is 0.0234. The Bertz CT molecular complexity index is 1190. The molecule has 0 spiro atoms. The maximum absolute atomic E-state index is 13.2. The number of aromatic nitrogens is 1. The van der Waals surface area contributed by atoms with Crippen molar-refractivity contribution in [2.75, 3.05) is 11.6 Å². The van der Waals surface area contributed by atoms with E-state index in [9.17, 15) is 33.5 Å². The lowest BCUT2D eigenvalue weighted by Gasteiger charge is -2.49. The van der Waals surface area contributed by atoms with E-state index in [0.717, 1.165) is 12.9 Å². The number of hydrogen-bond donors (Lipinski definition) is 2. The Morgan fingerprint density at radius 2 is 2.26 bits per heavy atom. The highest BCUT2D eigenvalue weighted by Gasteiger charge is 2.61. The molecule has 0 aromatic carbocycles. The molecule has 1 fully saturated rings. The molecule has 0 radical (unpaired) electrons. The number of carbonyl (C=O) groups excluding carboxylic acids is 5. The SMILES string of the molecule is BOC(=O)C1=C(CCl)C[S+]([O-])[C@@H]2[C@H](NC(=O)/C(=N\O[C@@H](CBOC=O)C(=O)BO)c3csc(C)n3)C(=O)N12. The van der Waals surface area contributed by atoms with E-state index in [1.807, 2.05) is 0 Å². The first-order chi connectivity index (χ1) is 18.2. The van der Waals surface area contributed by atoms with Gasteiger partial charge in [-0.3, -0.25) is 19.3 Å². The quantitative estimate of drug-likeness (QED) is 0.0339. The second-order valence-corrected chi connectivity index (χ2v) is 10.7. The van der Waals surface area contributed by atoms with Gasteiger partial charge in [0.05, 0.1) is 10.9 Å². The molecule has 2 N–H and O–H groups in total. The van der Waals surface area contributed by atoms with Crippen LogP contribution in [-0.2, 0) is 49.3 Å². The van der Waals surface area contributed by atoms with Crippen LogP contribution in [0.2, 0.25) is 6.32 Å². The maximum Gasteiger partial charge on any atom is 0.353 e. The highest BCUT2D eigenvalue weighted by molar-refractivity contribution is 7.92. The minimum absolute atomic E-state index is 0.0670. The molecule has 1 aromatic rings. The molecular formula is C18H20B3ClN4O10S2. The molecule has 4 atom stereocenters. The third-order valence-corrected chi connectivity index (χ3v) is 8.21. The Labute approximate surface area is 230 Å². The molecule has 3 rings (SSSR count). The number of carbonyl (C=O) groups is 5. The molecule has 0 bridgehead atoms. The molecule has 1 saturated heterocycles. The van der Waals surface area contributed by atoms with Gasteiger partial charge in [-0.05, 0) is 18.1 Å². The van der Waals surface area contributed by atoms with Gasteiger partial charge in [0.25, 0.3) is 18.3 Å². The van der Waals surface area contributed by atoms with E-state index in [-0.39, 0.29) is 48.9 Å². The third-order valence-electron chi connectivity index (χ3n) is 5.46. The number of β-lactam (4-membered cyclic amide) rings is 1. The van der Waals surface area contributed by atoms with Crippen molar-refractivity contribution in [2.24, 2.45) is 5.16 Å². The first-order valence-corrected chi connectivity index (χ1v) is 13.7. The zero-order valence-electron chi connectivity index (χ0n) is 20.1. The summed E-state index contributed by atoms with van der Waals surface area (Å²) in [4.78, 5) is 71.3. The van der Waals surface area contributed by atoms with Crippen LogP contribution in [0.15, 0.2) is 21.8 Å². The number of thiazole rings is 1. The van der Waals surface area contributed by atoms with Gasteiger partial charge in [-0.25, -0.2) is 9.78 Å². The zero-order valence-corrected chi connectivity index (χ0v) is 22.5. The van der Waals surface area contributed by atoms with Crippen molar-refractivity contribution in [2.45, 2.75) is 30.8 Å². The van der Waals surface area contributed by atoms with Crippen LogP contribution >= 0.6 is 22.9 Å². The molecule has 2 aliphatic heterocycles. The standard InChI is InChI=1S/C18H20B3ClN4O10S2/c1-7-23-9(4-37-7)11(25-36-10(14(28)21-32)2-20-34-6-27)15(29)24-12-16(30)26-13(18(31)35-19)8(3-22)5-38(33)17(12)26/h4,6,10,12,17,20-21,32H,2-3,5,19H2,1H3,(H,24,29)/b25-11-/t10-,12+,17+,38?/m0/s1. The monoisotopic (exact) mass is 584 g/mol. The fraction of sp³-hybridized carbons (Fsp3) is 0.389. The van der Waals surface area contributed by atoms with Crippen molar-refractivity contribution >= 4 is 92.8 Å². The Morgan fingerprint density at radius 1 is 1.53 bits per heavy atom. The molecule has 3 heterocycles. The van der Waals surface area contributed by atoms with Crippen molar-refractivity contribution in [3.8, 4) is 0 Å². The summed E-state index contributed by atoms with van der Waals surface area (Å²) in [5.74, 6) is -2.72. The zero-order chi connectivity index (χ0) is 28.0. The van der Waals surface area contributed by atoms with E-state index in [0.29, 0.717) is 5.01 Å². The van der Waals surface area contributed by atoms with Crippen molar-refractivity contribution < 1.29 is 47.7 Å². The maximum atomic E-state index is 13.2. The predicted octanol–water partition coefficient (Wildman–Crippen LogP) is -3.65. The van der Waals surface area contributed by atoms with Crippen LogP contribution in [0.5, 0.6) is 0 Å². The number of rotatable bonds is 13. The van der Waals surface area contributed by atoms with Crippen LogP contribution < -0.4 is 5.32 Å². The number of oxime groups is 1. The molecular weight excluding hydrogens is 564 g/mol. The predicted molar refractivity (Wildman–Crippen MR) is 140 cm³/mol. The Morgan fingerprint density at radius 3 is 2.84 bits per heavy atom. The molecule has 1 aromatic heterocycles. The van der Waals surface area contributed by atoms with Gasteiger partial charge in [-0.15, -0.1) is 22.9 Å². The summed E-state index contributed by atoms with van der Waals surface area (Å²) in [5, 5.41) is 16.4. The van der Waals surface area contributed by atoms with E-state index in [2.05, 4.69) is 20.1 Å². The van der Waals surface area contributed by atoms with Crippen LogP contribution in [0.25, 0.3) is 0 Å². The van der Waals surface area contributed by atoms with Crippen molar-refractivity contribution in [3.05, 3.63) is 27.4 Å². The van der Waals surface area contributed by atoms with Crippen molar-refractivity contribution in [1.82, 2.24) is 15.2 Å². The molecule has 2 amide bonds. The normalized spacial score (nSPS) is 21.5. The largest absolute Gasteiger partial charge is 0.614 e. The fourth-order valence-corrected chi connectivity index (χ4v) is 6.26. The summed E-state index contributed by atoms with van der Waals surface area (Å²) in [6.45, 7) is 1.85. The van der Waals surface area contributed by atoms with Crippen LogP contribution in [0, 0.1) is 6.92 Å². The first-order valence-electron chi connectivity index (χ1n) is 10.9. The average Bonchev–Trinajstić information content (AvgIpc) is 3.34. The number of aryl methyl sites for hydroxylation is 1. The number of nitrogens with one attached hydrogen (secondary N) is 1. The van der Waals surface area contributed by atoms with E-state index in [1.54, 1.807) is 6.92 Å². The van der Waals surface area contributed by atoms with Crippen molar-refractivity contribution in [1.29, 1.82) is 0 Å². The van der Waals surface area contributed by atoms with E-state index in [4.69, 9.17) is 21.1 Å². The van der Waals surface area contributed by atoms with Crippen LogP contribution in [-0.4, -0.2) is 107 Å². The molecule has 1 unspecified atom stereocenters. The lowest BCUT2D eigenvalue weighted by molar-refractivity contribution is -0.149. The van der Waals surface area contributed by atoms with Gasteiger partial charge >= 0.3 is 29.0 Å². The minimum Gasteiger partial charge on any atom is -0.614 e. The number of halogens is 1. The summed E-state index contributed by atoms with van der Waals surface area (Å²) in [5.41, 5.74) is -0.954. The topological polar surface area (TPSA) is 197 Å². The van der Waals surface area contributed by atoms with Crippen molar-refractivity contribution in [3.63, 3.8) is 0 Å². The molecule has 0 aliphatic carbocycles. The second kappa shape index (κ2) is 13.3. The lowest BCUT2D eigenvalue weighted by atomic mass is 9.80. The van der Waals surface area contributed by atoms with Crippen LogP contribution in [0.3, 0.4) is 0 Å². The molecule has 20 heteroatoms. The number of hydrogen-bond acceptors (Lipinski definition) is 13. The molecule has 200 valence electrons. The highest BCUT2D eigenvalue weighted by Crippen LogP contribution is 2.37. The first kappa shape index (κ1) is 29.7. The molecule has 2 aliphatic rings. The van der Waals surface area contributed by atoms with Gasteiger partial charge < -0.3 is 33.8 Å². The summed E-state index contributed by atoms with van der Waals surface area (Å²) < 4.78 is 22.2. The van der Waals surface area contributed by atoms with Gasteiger partial charge in [0.15, 0.2) is 23.5 Å². The van der Waals surface area contributed by atoms with E-state index in [1.165, 1.54) is 16.7 Å². The van der Waals surface area contributed by atoms with Gasteiger partial charge in [-0.1, -0.05) is 5.16 Å². The highest BCUT2D eigenvalue weighted by atomic mass is 35.5. The number of amides is 2. The van der Waals surface area contributed by atoms with Gasteiger partial charge in [0.1, 0.15) is 17.1 Å². The summed E-state index contributed by atoms with van der Waals surface area (Å²) in [6.07, 6.45) is -1.51. The Hall–Kier alpha value is -2.86. The molecule has 14 nitrogen and oxygen atoms in total. The second-order valence-electron chi connectivity index (χ2n) is 7.82. The van der Waals surface area contributed by atoms with Gasteiger partial charge in [-0.2, -0.15) is 0 Å². The minimum atomic E-state index is -1.70. The van der Waals surface area contributed by atoms with Crippen LogP contribution in [0.4, 0.5) is 0 Å². The average molecular weight is 584 g/mol. The summed E-state index contributed by atoms with van der Waals surface area (Å²) in [6, 6.07) is -1.28. The lowest BCUT2D eigenvalue weighted by Crippen LogP contribution is -2.75. The third kappa shape index (κ3) is 6.23. The Balaban J connectivity index is 1.85. The summed E-state index contributed by atoms with van der Waals surface area (Å²) >= 11 is 5.37. The number of nitrogens with zero attached hydrogens (tertiary/aromatic N) is 3.